The average molecular weight is 553 g/mol. The van der Waals surface area contributed by atoms with Crippen molar-refractivity contribution in [2.24, 2.45) is 5.41 Å². The van der Waals surface area contributed by atoms with E-state index < -0.39 is 6.04 Å². The molecule has 2 aliphatic rings. The first-order valence-corrected chi connectivity index (χ1v) is 13.7. The van der Waals surface area contributed by atoms with Gasteiger partial charge in [0, 0.05) is 48.4 Å². The summed E-state index contributed by atoms with van der Waals surface area (Å²) in [5.74, 6) is 0.808. The number of methoxy groups -OCH3 is 1. The molecule has 2 aromatic carbocycles. The minimum Gasteiger partial charge on any atom is -0.496 e. The van der Waals surface area contributed by atoms with E-state index in [1.54, 1.807) is 29.1 Å². The summed E-state index contributed by atoms with van der Waals surface area (Å²) in [6.07, 6.45) is 4.96. The molecular weight excluding hydrogens is 520 g/mol. The zero-order chi connectivity index (χ0) is 28.9. The number of aryl methyl sites for hydroxylation is 1. The lowest BCUT2D eigenvalue weighted by molar-refractivity contribution is -0.140. The number of piperidine rings is 1. The van der Waals surface area contributed by atoms with Crippen LogP contribution in [-0.2, 0) is 22.7 Å². The number of carbonyl (C=O) groups excluding carboxylic acids is 3. The highest BCUT2D eigenvalue weighted by molar-refractivity contribution is 6.06. The number of fused-ring (bicyclic) bond motifs is 2. The molecule has 0 bridgehead atoms. The van der Waals surface area contributed by atoms with E-state index in [4.69, 9.17) is 4.74 Å². The molecule has 10 nitrogen and oxygen atoms in total. The molecule has 2 aromatic heterocycles. The van der Waals surface area contributed by atoms with E-state index in [0.29, 0.717) is 41.1 Å². The van der Waals surface area contributed by atoms with Crippen LogP contribution in [0.25, 0.3) is 22.0 Å². The van der Waals surface area contributed by atoms with E-state index in [0.717, 1.165) is 23.1 Å². The van der Waals surface area contributed by atoms with Gasteiger partial charge in [-0.05, 0) is 48.9 Å². The molecule has 1 saturated heterocycles. The second-order valence-electron chi connectivity index (χ2n) is 11.2. The minimum absolute atomic E-state index is 0.0132. The van der Waals surface area contributed by atoms with Gasteiger partial charge in [0.2, 0.25) is 11.8 Å². The largest absolute Gasteiger partial charge is 0.496 e. The Kier molecular flexibility index (Phi) is 6.56. The Hall–Kier alpha value is -4.60. The number of para-hydroxylation sites is 1. The van der Waals surface area contributed by atoms with Crippen molar-refractivity contribution in [3.63, 3.8) is 0 Å². The number of nitrogens with one attached hydrogen (secondary N) is 1. The monoisotopic (exact) mass is 552 g/mol. The van der Waals surface area contributed by atoms with Gasteiger partial charge in [-0.3, -0.25) is 19.1 Å². The maximum atomic E-state index is 13.8. The van der Waals surface area contributed by atoms with E-state index in [9.17, 15) is 14.4 Å². The summed E-state index contributed by atoms with van der Waals surface area (Å²) in [6.45, 7) is 5.65. The normalized spacial score (nSPS) is 21.0. The number of aromatic nitrogens is 4. The van der Waals surface area contributed by atoms with Gasteiger partial charge in [-0.2, -0.15) is 5.10 Å². The number of ketones is 1. The Morgan fingerprint density at radius 1 is 1.07 bits per heavy atom. The average Bonchev–Trinajstić information content (AvgIpc) is 3.33. The number of benzene rings is 2. The number of amides is 2. The van der Waals surface area contributed by atoms with Crippen molar-refractivity contribution in [3.05, 3.63) is 71.9 Å². The fourth-order valence-corrected chi connectivity index (χ4v) is 6.00. The molecule has 0 radical (unpaired) electrons. The highest BCUT2D eigenvalue weighted by Crippen LogP contribution is 2.59. The Morgan fingerprint density at radius 3 is 2.56 bits per heavy atom. The van der Waals surface area contributed by atoms with Crippen LogP contribution in [0.1, 0.15) is 48.6 Å². The molecule has 41 heavy (non-hydrogen) atoms. The maximum absolute atomic E-state index is 13.8. The number of hydrogen-bond donors (Lipinski definition) is 1. The lowest BCUT2D eigenvalue weighted by Crippen LogP contribution is -2.48. The number of carbonyl (C=O) groups is 3. The fraction of sp³-hybridized carbons (Fsp3) is 0.355. The van der Waals surface area contributed by atoms with Gasteiger partial charge in [-0.15, -0.1) is 0 Å². The van der Waals surface area contributed by atoms with Gasteiger partial charge in [0.25, 0.3) is 0 Å². The van der Waals surface area contributed by atoms with Crippen LogP contribution in [0.2, 0.25) is 0 Å². The second-order valence-corrected chi connectivity index (χ2v) is 11.2. The first-order valence-electron chi connectivity index (χ1n) is 13.7. The number of rotatable bonds is 8. The molecule has 10 heteroatoms. The maximum Gasteiger partial charge on any atom is 0.245 e. The van der Waals surface area contributed by atoms with Crippen molar-refractivity contribution in [1.29, 1.82) is 0 Å². The third-order valence-corrected chi connectivity index (χ3v) is 8.35. The summed E-state index contributed by atoms with van der Waals surface area (Å²) in [5.41, 5.74) is 3.45. The fourth-order valence-electron chi connectivity index (χ4n) is 6.00. The third kappa shape index (κ3) is 4.83. The Morgan fingerprint density at radius 2 is 1.83 bits per heavy atom. The first-order chi connectivity index (χ1) is 19.7. The van der Waals surface area contributed by atoms with E-state index in [1.165, 1.54) is 6.92 Å². The van der Waals surface area contributed by atoms with Crippen LogP contribution >= 0.6 is 0 Å². The molecule has 6 rings (SSSR count). The molecule has 2 fully saturated rings. The highest BCUT2D eigenvalue weighted by atomic mass is 16.5. The Labute approximate surface area is 237 Å². The Bertz CT molecular complexity index is 1680. The lowest BCUT2D eigenvalue weighted by atomic mass is 10.0. The van der Waals surface area contributed by atoms with Gasteiger partial charge >= 0.3 is 0 Å². The standard InChI is InChI=1S/C31H32N6O4/c1-18(38)29-23-11-20(22-15-32-19(2)33-16-22)9-10-24(23)36(35-29)17-28(39)37-25(12-31(3)13-27(31)37)30(40)34-14-21-7-5-6-8-26(21)41-4/h5-11,15-16,25,27H,12-14,17H2,1-4H3,(H,34,40)/t25-,27+,31-/m0/s1. The van der Waals surface area contributed by atoms with Gasteiger partial charge in [-0.25, -0.2) is 9.97 Å². The van der Waals surface area contributed by atoms with Gasteiger partial charge in [-0.1, -0.05) is 31.2 Å². The van der Waals surface area contributed by atoms with Crippen LogP contribution in [0, 0.1) is 12.3 Å². The molecule has 0 unspecified atom stereocenters. The molecule has 0 spiro atoms. The van der Waals surface area contributed by atoms with Crippen molar-refractivity contribution in [2.45, 2.75) is 58.8 Å². The van der Waals surface area contributed by atoms with Crippen molar-refractivity contribution in [1.82, 2.24) is 30.0 Å². The number of nitrogens with zero attached hydrogens (tertiary/aromatic N) is 5. The molecule has 1 N–H and O–H groups in total. The molecule has 3 heterocycles. The molecule has 1 aliphatic heterocycles. The number of hydrogen-bond acceptors (Lipinski definition) is 7. The number of likely N-dealkylation sites (tertiary alicyclic amines) is 1. The van der Waals surface area contributed by atoms with Crippen LogP contribution in [0.5, 0.6) is 5.75 Å². The minimum atomic E-state index is -0.566. The van der Waals surface area contributed by atoms with Crippen LogP contribution < -0.4 is 10.1 Å². The van der Waals surface area contributed by atoms with E-state index in [2.05, 4.69) is 27.3 Å². The molecule has 210 valence electrons. The van der Waals surface area contributed by atoms with Gasteiger partial charge in [0.1, 0.15) is 29.9 Å². The zero-order valence-corrected chi connectivity index (χ0v) is 23.5. The molecule has 4 aromatic rings. The summed E-state index contributed by atoms with van der Waals surface area (Å²) in [4.78, 5) is 50.0. The summed E-state index contributed by atoms with van der Waals surface area (Å²) in [7, 11) is 1.60. The summed E-state index contributed by atoms with van der Waals surface area (Å²) >= 11 is 0. The molecule has 1 aliphatic carbocycles. The van der Waals surface area contributed by atoms with Crippen molar-refractivity contribution in [3.8, 4) is 16.9 Å². The smallest absolute Gasteiger partial charge is 0.245 e. The SMILES string of the molecule is COc1ccccc1CNC(=O)[C@@H]1C[C@@]2(C)C[C@H]2N1C(=O)Cn1nc(C(C)=O)c2cc(-c3cnc(C)nc3)ccc21. The molecule has 2 amide bonds. The predicted octanol–water partition coefficient (Wildman–Crippen LogP) is 3.71. The number of ether oxygens (including phenoxy) is 1. The molecule has 1 saturated carbocycles. The van der Waals surface area contributed by atoms with E-state index in [1.807, 2.05) is 49.4 Å². The van der Waals surface area contributed by atoms with Crippen molar-refractivity contribution in [2.75, 3.05) is 7.11 Å². The van der Waals surface area contributed by atoms with Crippen molar-refractivity contribution < 1.29 is 19.1 Å². The number of Topliss-reactive ketones (excluding diaryl/α,β-unsaturated/α-hetero) is 1. The van der Waals surface area contributed by atoms with Gasteiger partial charge < -0.3 is 15.0 Å². The summed E-state index contributed by atoms with van der Waals surface area (Å²) < 4.78 is 6.98. The highest BCUT2D eigenvalue weighted by Gasteiger charge is 2.64. The predicted molar refractivity (Wildman–Crippen MR) is 152 cm³/mol. The van der Waals surface area contributed by atoms with Crippen LogP contribution in [0.4, 0.5) is 0 Å². The van der Waals surface area contributed by atoms with Crippen molar-refractivity contribution >= 4 is 28.5 Å². The zero-order valence-electron chi connectivity index (χ0n) is 23.5. The lowest BCUT2D eigenvalue weighted by Gasteiger charge is -2.27. The molecular formula is C31H32N6O4. The third-order valence-electron chi connectivity index (χ3n) is 8.35. The van der Waals surface area contributed by atoms with Gasteiger partial charge in [0.05, 0.1) is 12.6 Å². The topological polar surface area (TPSA) is 119 Å². The van der Waals surface area contributed by atoms with E-state index >= 15 is 0 Å². The quantitative estimate of drug-likeness (QED) is 0.331. The Balaban J connectivity index is 1.24. The van der Waals surface area contributed by atoms with Crippen LogP contribution in [0.3, 0.4) is 0 Å². The summed E-state index contributed by atoms with van der Waals surface area (Å²) in [5, 5.41) is 8.21. The first kappa shape index (κ1) is 26.6. The van der Waals surface area contributed by atoms with Gasteiger partial charge in [0.15, 0.2) is 5.78 Å². The second kappa shape index (κ2) is 10.1. The van der Waals surface area contributed by atoms with Crippen LogP contribution in [-0.4, -0.2) is 61.4 Å². The summed E-state index contributed by atoms with van der Waals surface area (Å²) in [6, 6.07) is 12.6. The molecule has 3 atom stereocenters. The van der Waals surface area contributed by atoms with Crippen LogP contribution in [0.15, 0.2) is 54.9 Å². The van der Waals surface area contributed by atoms with E-state index in [-0.39, 0.29) is 35.6 Å².